The molecule has 3 heterocycles. The minimum absolute atomic E-state index is 0.254. The zero-order valence-electron chi connectivity index (χ0n) is 13.8. The smallest absolute Gasteiger partial charge is 0.254 e. The third-order valence-electron chi connectivity index (χ3n) is 4.13. The summed E-state index contributed by atoms with van der Waals surface area (Å²) in [6.07, 6.45) is 6.44. The van der Waals surface area contributed by atoms with Crippen molar-refractivity contribution in [3.63, 3.8) is 0 Å². The first-order valence-electron chi connectivity index (χ1n) is 8.01. The number of halogens is 1. The van der Waals surface area contributed by atoms with Crippen LogP contribution in [0.2, 0.25) is 0 Å². The molecule has 1 unspecified atom stereocenters. The van der Waals surface area contributed by atoms with E-state index in [4.69, 9.17) is 0 Å². The first-order chi connectivity index (χ1) is 12.6. The van der Waals surface area contributed by atoms with Gasteiger partial charge in [-0.3, -0.25) is 14.9 Å². The van der Waals surface area contributed by atoms with E-state index in [1.54, 1.807) is 41.5 Å². The van der Waals surface area contributed by atoms with Gasteiger partial charge in [0.15, 0.2) is 0 Å². The van der Waals surface area contributed by atoms with Gasteiger partial charge in [-0.05, 0) is 37.3 Å². The number of nitrogens with zero attached hydrogens (tertiary/aromatic N) is 4. The summed E-state index contributed by atoms with van der Waals surface area (Å²) in [7, 11) is 0. The predicted molar refractivity (Wildman–Crippen MR) is 93.3 cm³/mol. The number of aromatic nitrogens is 5. The molecule has 7 nitrogen and oxygen atoms in total. The lowest BCUT2D eigenvalue weighted by molar-refractivity contribution is 0.0940. The zero-order valence-corrected chi connectivity index (χ0v) is 13.8. The second kappa shape index (κ2) is 6.40. The van der Waals surface area contributed by atoms with Crippen LogP contribution in [0, 0.1) is 5.82 Å². The third-order valence-corrected chi connectivity index (χ3v) is 4.13. The molecule has 2 N–H and O–H groups in total. The Bertz CT molecular complexity index is 1060. The molecular formula is C18H15FN6O. The highest BCUT2D eigenvalue weighted by Gasteiger charge is 2.18. The van der Waals surface area contributed by atoms with E-state index in [2.05, 4.69) is 25.6 Å². The standard InChI is InChI=1S/C18H15FN6O/c1-11(16-6-7-21-24-16)23-18(26)15-8-20-10-17-14(15)9-22-25(17)13-4-2-12(19)3-5-13/h2-11H,1H3,(H,21,24)(H,23,26). The van der Waals surface area contributed by atoms with E-state index in [0.29, 0.717) is 22.2 Å². The summed E-state index contributed by atoms with van der Waals surface area (Å²) >= 11 is 0. The Morgan fingerprint density at radius 3 is 2.73 bits per heavy atom. The lowest BCUT2D eigenvalue weighted by atomic mass is 10.1. The maximum atomic E-state index is 13.1. The summed E-state index contributed by atoms with van der Waals surface area (Å²) in [6.45, 7) is 1.85. The molecular weight excluding hydrogens is 335 g/mol. The van der Waals surface area contributed by atoms with E-state index in [9.17, 15) is 9.18 Å². The average Bonchev–Trinajstić information content (AvgIpc) is 3.32. The fraction of sp³-hybridized carbons (Fsp3) is 0.111. The number of hydrogen-bond acceptors (Lipinski definition) is 4. The number of rotatable bonds is 4. The molecule has 3 aromatic heterocycles. The molecule has 0 saturated carbocycles. The van der Waals surface area contributed by atoms with Crippen LogP contribution in [0.4, 0.5) is 4.39 Å². The van der Waals surface area contributed by atoms with Crippen molar-refractivity contribution < 1.29 is 9.18 Å². The van der Waals surface area contributed by atoms with Crippen molar-refractivity contribution in [3.05, 3.63) is 72.2 Å². The Morgan fingerprint density at radius 2 is 2.00 bits per heavy atom. The first-order valence-corrected chi connectivity index (χ1v) is 8.01. The predicted octanol–water partition coefficient (Wildman–Crippen LogP) is 2.77. The fourth-order valence-electron chi connectivity index (χ4n) is 2.77. The molecule has 0 bridgehead atoms. The Labute approximate surface area is 147 Å². The number of benzene rings is 1. The number of H-pyrrole nitrogens is 1. The number of amides is 1. The van der Waals surface area contributed by atoms with Crippen LogP contribution in [-0.4, -0.2) is 30.9 Å². The Hall–Kier alpha value is -3.55. The van der Waals surface area contributed by atoms with Crippen molar-refractivity contribution in [1.82, 2.24) is 30.3 Å². The van der Waals surface area contributed by atoms with Crippen LogP contribution in [0.1, 0.15) is 29.0 Å². The van der Waals surface area contributed by atoms with Gasteiger partial charge >= 0.3 is 0 Å². The largest absolute Gasteiger partial charge is 0.344 e. The summed E-state index contributed by atoms with van der Waals surface area (Å²) < 4.78 is 14.8. The second-order valence-electron chi connectivity index (χ2n) is 5.85. The van der Waals surface area contributed by atoms with Gasteiger partial charge in [-0.15, -0.1) is 0 Å². The maximum absolute atomic E-state index is 13.1. The van der Waals surface area contributed by atoms with Crippen LogP contribution in [-0.2, 0) is 0 Å². The highest BCUT2D eigenvalue weighted by atomic mass is 19.1. The van der Waals surface area contributed by atoms with E-state index >= 15 is 0 Å². The zero-order chi connectivity index (χ0) is 18.1. The van der Waals surface area contributed by atoms with Crippen LogP contribution >= 0.6 is 0 Å². The summed E-state index contributed by atoms with van der Waals surface area (Å²) in [6, 6.07) is 7.51. The molecule has 1 amide bonds. The summed E-state index contributed by atoms with van der Waals surface area (Å²) in [5.74, 6) is -0.590. The average molecular weight is 350 g/mol. The van der Waals surface area contributed by atoms with Crippen molar-refractivity contribution in [2.75, 3.05) is 0 Å². The molecule has 0 fully saturated rings. The summed E-state index contributed by atoms with van der Waals surface area (Å²) in [5, 5.41) is 14.7. The summed E-state index contributed by atoms with van der Waals surface area (Å²) in [4.78, 5) is 16.8. The molecule has 0 saturated heterocycles. The Kier molecular flexibility index (Phi) is 3.92. The van der Waals surface area contributed by atoms with Gasteiger partial charge < -0.3 is 5.32 Å². The van der Waals surface area contributed by atoms with Gasteiger partial charge in [0.1, 0.15) is 5.82 Å². The molecule has 0 aliphatic heterocycles. The van der Waals surface area contributed by atoms with Crippen LogP contribution in [0.3, 0.4) is 0 Å². The maximum Gasteiger partial charge on any atom is 0.254 e. The summed E-state index contributed by atoms with van der Waals surface area (Å²) in [5.41, 5.74) is 2.50. The molecule has 0 spiro atoms. The fourth-order valence-corrected chi connectivity index (χ4v) is 2.77. The molecule has 0 aliphatic carbocycles. The van der Waals surface area contributed by atoms with Crippen LogP contribution < -0.4 is 5.32 Å². The molecule has 0 aliphatic rings. The van der Waals surface area contributed by atoms with E-state index in [0.717, 1.165) is 5.69 Å². The minimum Gasteiger partial charge on any atom is -0.344 e. The number of fused-ring (bicyclic) bond motifs is 1. The normalized spacial score (nSPS) is 12.2. The topological polar surface area (TPSA) is 88.5 Å². The molecule has 4 rings (SSSR count). The van der Waals surface area contributed by atoms with Gasteiger partial charge in [0.25, 0.3) is 5.91 Å². The second-order valence-corrected chi connectivity index (χ2v) is 5.85. The van der Waals surface area contributed by atoms with Crippen LogP contribution in [0.5, 0.6) is 0 Å². The van der Waals surface area contributed by atoms with Gasteiger partial charge in [0.2, 0.25) is 0 Å². The minimum atomic E-state index is -0.323. The number of hydrogen-bond donors (Lipinski definition) is 2. The molecule has 1 atom stereocenters. The lowest BCUT2D eigenvalue weighted by Crippen LogP contribution is -2.27. The molecule has 8 heteroatoms. The van der Waals surface area contributed by atoms with Gasteiger partial charge in [0, 0.05) is 17.8 Å². The lowest BCUT2D eigenvalue weighted by Gasteiger charge is -2.11. The molecule has 4 aromatic rings. The highest BCUT2D eigenvalue weighted by molar-refractivity contribution is 6.06. The monoisotopic (exact) mass is 350 g/mol. The number of pyridine rings is 1. The van der Waals surface area contributed by atoms with Crippen molar-refractivity contribution in [1.29, 1.82) is 0 Å². The number of carbonyl (C=O) groups excluding carboxylic acids is 1. The number of aromatic amines is 1. The molecule has 1 aromatic carbocycles. The Morgan fingerprint density at radius 1 is 1.19 bits per heavy atom. The van der Waals surface area contributed by atoms with Crippen molar-refractivity contribution in [2.45, 2.75) is 13.0 Å². The van der Waals surface area contributed by atoms with Gasteiger partial charge in [0.05, 0.1) is 40.9 Å². The number of carbonyl (C=O) groups is 1. The van der Waals surface area contributed by atoms with Gasteiger partial charge in [-0.1, -0.05) is 0 Å². The molecule has 130 valence electrons. The highest BCUT2D eigenvalue weighted by Crippen LogP contribution is 2.21. The van der Waals surface area contributed by atoms with E-state index < -0.39 is 0 Å². The Balaban J connectivity index is 1.68. The van der Waals surface area contributed by atoms with E-state index in [-0.39, 0.29) is 17.8 Å². The van der Waals surface area contributed by atoms with Crippen LogP contribution in [0.15, 0.2) is 55.1 Å². The van der Waals surface area contributed by atoms with Crippen molar-refractivity contribution in [2.24, 2.45) is 0 Å². The third kappa shape index (κ3) is 2.81. The van der Waals surface area contributed by atoms with Gasteiger partial charge in [-0.2, -0.15) is 10.2 Å². The molecule has 26 heavy (non-hydrogen) atoms. The van der Waals surface area contributed by atoms with E-state index in [1.165, 1.54) is 18.3 Å². The van der Waals surface area contributed by atoms with E-state index in [1.807, 2.05) is 6.92 Å². The first kappa shape index (κ1) is 15.9. The SMILES string of the molecule is CC(NC(=O)c1cncc2c1cnn2-c1ccc(F)cc1)c1cc[nH]n1. The quantitative estimate of drug-likeness (QED) is 0.592. The number of nitrogens with one attached hydrogen (secondary N) is 2. The van der Waals surface area contributed by atoms with Crippen molar-refractivity contribution in [3.8, 4) is 5.69 Å². The molecule has 0 radical (unpaired) electrons. The van der Waals surface area contributed by atoms with Crippen LogP contribution in [0.25, 0.3) is 16.6 Å². The van der Waals surface area contributed by atoms with Crippen molar-refractivity contribution >= 4 is 16.8 Å². The van der Waals surface area contributed by atoms with Gasteiger partial charge in [-0.25, -0.2) is 9.07 Å².